The Morgan fingerprint density at radius 2 is 2.22 bits per heavy atom. The van der Waals surface area contributed by atoms with E-state index in [4.69, 9.17) is 5.73 Å². The second-order valence-corrected chi connectivity index (χ2v) is 5.06. The Morgan fingerprint density at radius 3 is 2.89 bits per heavy atom. The summed E-state index contributed by atoms with van der Waals surface area (Å²) in [6.45, 7) is 2.91. The highest BCUT2D eigenvalue weighted by atomic mass is 79.9. The van der Waals surface area contributed by atoms with Crippen molar-refractivity contribution < 1.29 is 4.39 Å². The fourth-order valence-corrected chi connectivity index (χ4v) is 2.40. The highest BCUT2D eigenvalue weighted by molar-refractivity contribution is 9.10. The summed E-state index contributed by atoms with van der Waals surface area (Å²) in [5, 5.41) is 0. The van der Waals surface area contributed by atoms with E-state index in [0.717, 1.165) is 17.9 Å². The number of nitrogens with zero attached hydrogens (tertiary/aromatic N) is 2. The maximum atomic E-state index is 13.3. The second-order valence-electron chi connectivity index (χ2n) is 4.14. The van der Waals surface area contributed by atoms with Gasteiger partial charge in [-0.2, -0.15) is 0 Å². The normalized spacial score (nSPS) is 12.7. The third-order valence-electron chi connectivity index (χ3n) is 2.86. The van der Waals surface area contributed by atoms with Gasteiger partial charge in [-0.15, -0.1) is 0 Å². The van der Waals surface area contributed by atoms with Crippen molar-refractivity contribution in [1.29, 1.82) is 0 Å². The molecule has 2 aromatic rings. The van der Waals surface area contributed by atoms with Crippen molar-refractivity contribution in [2.24, 2.45) is 5.73 Å². The highest BCUT2D eigenvalue weighted by Gasteiger charge is 2.12. The summed E-state index contributed by atoms with van der Waals surface area (Å²) in [7, 11) is 0. The van der Waals surface area contributed by atoms with E-state index in [1.54, 1.807) is 6.20 Å². The van der Waals surface area contributed by atoms with Gasteiger partial charge < -0.3 is 10.3 Å². The third-order valence-corrected chi connectivity index (χ3v) is 3.32. The Balaban J connectivity index is 2.19. The largest absolute Gasteiger partial charge is 0.335 e. The number of rotatable bonds is 4. The van der Waals surface area contributed by atoms with Crippen molar-refractivity contribution in [2.75, 3.05) is 0 Å². The molecular formula is C13H15BrFN3. The molecular weight excluding hydrogens is 297 g/mol. The first-order valence-electron chi connectivity index (χ1n) is 5.81. The van der Waals surface area contributed by atoms with Crippen LogP contribution in [0.15, 0.2) is 35.1 Å². The van der Waals surface area contributed by atoms with Crippen LogP contribution in [-0.2, 0) is 13.0 Å². The van der Waals surface area contributed by atoms with Gasteiger partial charge in [0.1, 0.15) is 11.6 Å². The number of hydrogen-bond donors (Lipinski definition) is 1. The standard InChI is InChI=1S/C13H15BrFN3/c1-2-18-4-3-17-13(18)8-12(16)9-5-10(14)7-11(15)6-9/h3-7,12H,2,8,16H2,1H3. The Morgan fingerprint density at radius 1 is 1.44 bits per heavy atom. The van der Waals surface area contributed by atoms with E-state index >= 15 is 0 Å². The van der Waals surface area contributed by atoms with Gasteiger partial charge in [-0.05, 0) is 30.7 Å². The zero-order valence-electron chi connectivity index (χ0n) is 10.1. The number of benzene rings is 1. The lowest BCUT2D eigenvalue weighted by Crippen LogP contribution is -2.16. The first kappa shape index (κ1) is 13.2. The SMILES string of the molecule is CCn1ccnc1CC(N)c1cc(F)cc(Br)c1. The van der Waals surface area contributed by atoms with Crippen LogP contribution in [-0.4, -0.2) is 9.55 Å². The first-order chi connectivity index (χ1) is 8.60. The zero-order chi connectivity index (χ0) is 13.1. The van der Waals surface area contributed by atoms with Gasteiger partial charge in [0.15, 0.2) is 0 Å². The molecule has 3 nitrogen and oxygen atoms in total. The van der Waals surface area contributed by atoms with Crippen molar-refractivity contribution in [1.82, 2.24) is 9.55 Å². The molecule has 2 rings (SSSR count). The van der Waals surface area contributed by atoms with Crippen LogP contribution >= 0.6 is 15.9 Å². The topological polar surface area (TPSA) is 43.8 Å². The smallest absolute Gasteiger partial charge is 0.124 e. The number of hydrogen-bond acceptors (Lipinski definition) is 2. The molecule has 0 fully saturated rings. The van der Waals surface area contributed by atoms with Crippen molar-refractivity contribution in [3.8, 4) is 0 Å². The zero-order valence-corrected chi connectivity index (χ0v) is 11.7. The molecule has 2 N–H and O–H groups in total. The lowest BCUT2D eigenvalue weighted by molar-refractivity contribution is 0.604. The Hall–Kier alpha value is -1.20. The summed E-state index contributed by atoms with van der Waals surface area (Å²) in [5.74, 6) is 0.638. The fourth-order valence-electron chi connectivity index (χ4n) is 1.92. The van der Waals surface area contributed by atoms with E-state index in [-0.39, 0.29) is 11.9 Å². The van der Waals surface area contributed by atoms with Crippen LogP contribution in [0.3, 0.4) is 0 Å². The minimum Gasteiger partial charge on any atom is -0.335 e. The Kier molecular flexibility index (Phi) is 4.14. The van der Waals surface area contributed by atoms with Gasteiger partial charge in [-0.25, -0.2) is 9.37 Å². The van der Waals surface area contributed by atoms with Gasteiger partial charge in [0.25, 0.3) is 0 Å². The molecule has 5 heteroatoms. The molecule has 0 aliphatic heterocycles. The molecule has 18 heavy (non-hydrogen) atoms. The van der Waals surface area contributed by atoms with Crippen molar-refractivity contribution in [3.63, 3.8) is 0 Å². The first-order valence-corrected chi connectivity index (χ1v) is 6.61. The predicted octanol–water partition coefficient (Wildman–Crippen LogP) is 3.05. The summed E-state index contributed by atoms with van der Waals surface area (Å²) in [5.41, 5.74) is 6.88. The van der Waals surface area contributed by atoms with Crippen LogP contribution in [0.25, 0.3) is 0 Å². The second kappa shape index (κ2) is 5.63. The van der Waals surface area contributed by atoms with Crippen LogP contribution in [0.1, 0.15) is 24.4 Å². The third kappa shape index (κ3) is 2.97. The highest BCUT2D eigenvalue weighted by Crippen LogP contribution is 2.21. The maximum Gasteiger partial charge on any atom is 0.124 e. The monoisotopic (exact) mass is 311 g/mol. The van der Waals surface area contributed by atoms with Crippen molar-refractivity contribution >= 4 is 15.9 Å². The quantitative estimate of drug-likeness (QED) is 0.943. The average molecular weight is 312 g/mol. The predicted molar refractivity (Wildman–Crippen MR) is 72.6 cm³/mol. The summed E-state index contributed by atoms with van der Waals surface area (Å²) in [6, 6.07) is 4.47. The average Bonchev–Trinajstić information content (AvgIpc) is 2.75. The fraction of sp³-hybridized carbons (Fsp3) is 0.308. The molecule has 1 aromatic carbocycles. The minimum atomic E-state index is -0.284. The van der Waals surface area contributed by atoms with Crippen molar-refractivity contribution in [3.05, 3.63) is 52.3 Å². The summed E-state index contributed by atoms with van der Waals surface area (Å²) < 4.78 is 16.0. The van der Waals surface area contributed by atoms with Gasteiger partial charge in [0, 0.05) is 35.9 Å². The van der Waals surface area contributed by atoms with Crippen molar-refractivity contribution in [2.45, 2.75) is 25.9 Å². The summed E-state index contributed by atoms with van der Waals surface area (Å²) in [4.78, 5) is 4.27. The lowest BCUT2D eigenvalue weighted by Gasteiger charge is -2.13. The van der Waals surface area contributed by atoms with E-state index < -0.39 is 0 Å². The van der Waals surface area contributed by atoms with E-state index in [0.29, 0.717) is 10.9 Å². The van der Waals surface area contributed by atoms with Crippen LogP contribution < -0.4 is 5.73 Å². The number of aromatic nitrogens is 2. The molecule has 1 atom stereocenters. The number of nitrogens with two attached hydrogens (primary N) is 1. The molecule has 0 saturated heterocycles. The Bertz CT molecular complexity index is 519. The molecule has 1 heterocycles. The van der Waals surface area contributed by atoms with E-state index in [1.807, 2.05) is 16.8 Å². The van der Waals surface area contributed by atoms with Gasteiger partial charge in [-0.3, -0.25) is 0 Å². The van der Waals surface area contributed by atoms with E-state index in [2.05, 4.69) is 27.8 Å². The van der Waals surface area contributed by atoms with Gasteiger partial charge in [-0.1, -0.05) is 15.9 Å². The molecule has 0 aliphatic rings. The van der Waals surface area contributed by atoms with E-state index in [1.165, 1.54) is 12.1 Å². The number of halogens is 2. The van der Waals surface area contributed by atoms with Gasteiger partial charge in [0.05, 0.1) is 0 Å². The molecule has 0 saturated carbocycles. The maximum absolute atomic E-state index is 13.3. The molecule has 0 amide bonds. The van der Waals surface area contributed by atoms with Gasteiger partial charge in [0.2, 0.25) is 0 Å². The molecule has 1 unspecified atom stereocenters. The Labute approximate surface area is 114 Å². The molecule has 0 aliphatic carbocycles. The molecule has 0 bridgehead atoms. The van der Waals surface area contributed by atoms with E-state index in [9.17, 15) is 4.39 Å². The van der Waals surface area contributed by atoms with Crippen LogP contribution in [0.5, 0.6) is 0 Å². The summed E-state index contributed by atoms with van der Waals surface area (Å²) >= 11 is 3.27. The summed E-state index contributed by atoms with van der Waals surface area (Å²) in [6.07, 6.45) is 4.27. The van der Waals surface area contributed by atoms with Crippen LogP contribution in [0, 0.1) is 5.82 Å². The molecule has 0 spiro atoms. The number of aryl methyl sites for hydroxylation is 1. The number of imidazole rings is 1. The van der Waals surface area contributed by atoms with Gasteiger partial charge >= 0.3 is 0 Å². The van der Waals surface area contributed by atoms with Crippen LogP contribution in [0.4, 0.5) is 4.39 Å². The minimum absolute atomic E-state index is 0.260. The van der Waals surface area contributed by atoms with Crippen LogP contribution in [0.2, 0.25) is 0 Å². The molecule has 0 radical (unpaired) electrons. The molecule has 1 aromatic heterocycles. The molecule has 96 valence electrons. The lowest BCUT2D eigenvalue weighted by atomic mass is 10.0.